The first-order valence-corrected chi connectivity index (χ1v) is 3.56. The van der Waals surface area contributed by atoms with Gasteiger partial charge in [-0.1, -0.05) is 18.2 Å². The van der Waals surface area contributed by atoms with E-state index < -0.39 is 5.97 Å². The van der Waals surface area contributed by atoms with Gasteiger partial charge in [0.05, 0.1) is 0 Å². The number of carbonyl (C=O) groups is 1. The van der Waals surface area contributed by atoms with Gasteiger partial charge in [-0.05, 0) is 19.3 Å². The first-order valence-electron chi connectivity index (χ1n) is 3.18. The van der Waals surface area contributed by atoms with Crippen molar-refractivity contribution in [2.24, 2.45) is 0 Å². The lowest BCUT2D eigenvalue weighted by atomic mass is 10.2. The predicted molar refractivity (Wildman–Crippen MR) is 41.1 cm³/mol. The number of hydrogen-bond acceptors (Lipinski definition) is 1. The van der Waals surface area contributed by atoms with E-state index in [9.17, 15) is 4.79 Å². The molecule has 0 saturated carbocycles. The first kappa shape index (κ1) is 9.50. The topological polar surface area (TPSA) is 37.3 Å². The highest BCUT2D eigenvalue weighted by molar-refractivity contribution is 6.29. The maximum Gasteiger partial charge on any atom is 0.303 e. The number of hydrogen-bond donors (Lipinski definition) is 1. The lowest BCUT2D eigenvalue weighted by molar-refractivity contribution is -0.137. The van der Waals surface area contributed by atoms with Gasteiger partial charge in [-0.25, -0.2) is 0 Å². The van der Waals surface area contributed by atoms with Crippen LogP contribution in [0.3, 0.4) is 0 Å². The van der Waals surface area contributed by atoms with Crippen LogP contribution >= 0.6 is 11.6 Å². The number of carboxylic acids is 1. The molecule has 0 fully saturated rings. The Bertz CT molecular complexity index is 116. The Morgan fingerprint density at radius 1 is 1.40 bits per heavy atom. The number of rotatable bonds is 5. The van der Waals surface area contributed by atoms with E-state index in [0.717, 1.165) is 12.8 Å². The van der Waals surface area contributed by atoms with E-state index in [2.05, 4.69) is 6.58 Å². The van der Waals surface area contributed by atoms with Gasteiger partial charge in [0, 0.05) is 11.5 Å². The number of carboxylic acid groups (broad SMARTS) is 1. The largest absolute Gasteiger partial charge is 0.481 e. The molecule has 0 saturated heterocycles. The molecule has 0 spiro atoms. The third-order valence-electron chi connectivity index (χ3n) is 1.09. The Morgan fingerprint density at radius 3 is 2.30 bits per heavy atom. The average Bonchev–Trinajstić information content (AvgIpc) is 1.79. The molecular formula is C7H11ClO2. The summed E-state index contributed by atoms with van der Waals surface area (Å²) in [6, 6.07) is 0. The standard InChI is InChI=1S/C7H11ClO2/c1-6(8)4-2-3-5-7(9)10/h1-5H2,(H,9,10). The van der Waals surface area contributed by atoms with E-state index in [1.165, 1.54) is 0 Å². The van der Waals surface area contributed by atoms with Crippen LogP contribution in [0.4, 0.5) is 0 Å². The predicted octanol–water partition coefficient (Wildman–Crippen LogP) is 2.38. The van der Waals surface area contributed by atoms with Gasteiger partial charge in [0.1, 0.15) is 0 Å². The number of unbranched alkanes of at least 4 members (excludes halogenated alkanes) is 1. The molecule has 0 atom stereocenters. The summed E-state index contributed by atoms with van der Waals surface area (Å²) in [5, 5.41) is 8.83. The zero-order valence-electron chi connectivity index (χ0n) is 5.77. The summed E-state index contributed by atoms with van der Waals surface area (Å²) < 4.78 is 0. The molecule has 0 unspecified atom stereocenters. The molecule has 0 aliphatic carbocycles. The third kappa shape index (κ3) is 7.50. The molecule has 0 aromatic carbocycles. The highest BCUT2D eigenvalue weighted by Crippen LogP contribution is 2.09. The van der Waals surface area contributed by atoms with Crippen LogP contribution in [0.5, 0.6) is 0 Å². The lowest BCUT2D eigenvalue weighted by Gasteiger charge is -1.94. The fourth-order valence-corrected chi connectivity index (χ4v) is 0.727. The molecule has 2 nitrogen and oxygen atoms in total. The molecule has 0 amide bonds. The second kappa shape index (κ2) is 5.30. The molecule has 0 aromatic heterocycles. The second-order valence-electron chi connectivity index (χ2n) is 2.12. The zero-order valence-corrected chi connectivity index (χ0v) is 6.52. The highest BCUT2D eigenvalue weighted by atomic mass is 35.5. The molecule has 58 valence electrons. The van der Waals surface area contributed by atoms with Crippen LogP contribution in [0, 0.1) is 0 Å². The normalized spacial score (nSPS) is 9.30. The minimum absolute atomic E-state index is 0.226. The Kier molecular flexibility index (Phi) is 5.03. The number of aliphatic carboxylic acids is 1. The van der Waals surface area contributed by atoms with Crippen molar-refractivity contribution < 1.29 is 9.90 Å². The van der Waals surface area contributed by atoms with Gasteiger partial charge in [-0.2, -0.15) is 0 Å². The van der Waals surface area contributed by atoms with Crippen LogP contribution in [-0.4, -0.2) is 11.1 Å². The highest BCUT2D eigenvalue weighted by Gasteiger charge is 1.95. The van der Waals surface area contributed by atoms with Gasteiger partial charge in [0.25, 0.3) is 0 Å². The molecule has 0 radical (unpaired) electrons. The minimum atomic E-state index is -0.750. The summed E-state index contributed by atoms with van der Waals surface area (Å²) in [7, 11) is 0. The van der Waals surface area contributed by atoms with Crippen molar-refractivity contribution >= 4 is 17.6 Å². The quantitative estimate of drug-likeness (QED) is 0.631. The van der Waals surface area contributed by atoms with Crippen molar-refractivity contribution in [3.8, 4) is 0 Å². The van der Waals surface area contributed by atoms with Crippen LogP contribution in [0.2, 0.25) is 0 Å². The van der Waals surface area contributed by atoms with Crippen LogP contribution in [0.1, 0.15) is 25.7 Å². The lowest BCUT2D eigenvalue weighted by Crippen LogP contribution is -1.93. The van der Waals surface area contributed by atoms with Crippen LogP contribution < -0.4 is 0 Å². The Hall–Kier alpha value is -0.500. The maximum atomic E-state index is 9.99. The van der Waals surface area contributed by atoms with Crippen molar-refractivity contribution in [2.75, 3.05) is 0 Å². The Balaban J connectivity index is 3.06. The smallest absolute Gasteiger partial charge is 0.303 e. The third-order valence-corrected chi connectivity index (χ3v) is 1.28. The number of allylic oxidation sites excluding steroid dienone is 1. The monoisotopic (exact) mass is 162 g/mol. The summed E-state index contributed by atoms with van der Waals surface area (Å²) in [6.45, 7) is 3.49. The van der Waals surface area contributed by atoms with E-state index in [4.69, 9.17) is 16.7 Å². The number of halogens is 1. The van der Waals surface area contributed by atoms with Crippen molar-refractivity contribution in [1.82, 2.24) is 0 Å². The fraction of sp³-hybridized carbons (Fsp3) is 0.571. The summed E-state index contributed by atoms with van der Waals surface area (Å²) >= 11 is 5.45. The molecule has 10 heavy (non-hydrogen) atoms. The van der Waals surface area contributed by atoms with Crippen molar-refractivity contribution in [1.29, 1.82) is 0 Å². The molecule has 3 heteroatoms. The average molecular weight is 163 g/mol. The van der Waals surface area contributed by atoms with Gasteiger partial charge in [-0.3, -0.25) is 4.79 Å². The van der Waals surface area contributed by atoms with Gasteiger partial charge >= 0.3 is 5.97 Å². The van der Waals surface area contributed by atoms with Gasteiger partial charge in [-0.15, -0.1) is 0 Å². The van der Waals surface area contributed by atoms with Crippen LogP contribution in [0.15, 0.2) is 11.6 Å². The SMILES string of the molecule is C=C(Cl)CCCCC(=O)O. The van der Waals surface area contributed by atoms with E-state index in [0.29, 0.717) is 11.5 Å². The van der Waals surface area contributed by atoms with Crippen molar-refractivity contribution in [3.05, 3.63) is 11.6 Å². The molecular weight excluding hydrogens is 152 g/mol. The molecule has 1 N–H and O–H groups in total. The van der Waals surface area contributed by atoms with Crippen LogP contribution in [-0.2, 0) is 4.79 Å². The molecule has 0 heterocycles. The summed E-state index contributed by atoms with van der Waals surface area (Å²) in [6.07, 6.45) is 2.44. The molecule has 0 aromatic rings. The summed E-state index contributed by atoms with van der Waals surface area (Å²) in [5.74, 6) is -0.750. The fourth-order valence-electron chi connectivity index (χ4n) is 0.593. The molecule has 0 bridgehead atoms. The van der Waals surface area contributed by atoms with Crippen LogP contribution in [0.25, 0.3) is 0 Å². The Morgan fingerprint density at radius 2 is 1.90 bits per heavy atom. The molecule has 0 aliphatic heterocycles. The Labute approximate surface area is 65.5 Å². The van der Waals surface area contributed by atoms with Gasteiger partial charge < -0.3 is 5.11 Å². The van der Waals surface area contributed by atoms with E-state index in [1.54, 1.807) is 0 Å². The van der Waals surface area contributed by atoms with E-state index >= 15 is 0 Å². The summed E-state index contributed by atoms with van der Waals surface area (Å²) in [4.78, 5) is 9.99. The van der Waals surface area contributed by atoms with Gasteiger partial charge in [0.15, 0.2) is 0 Å². The van der Waals surface area contributed by atoms with Crippen molar-refractivity contribution in [3.63, 3.8) is 0 Å². The molecule has 0 aliphatic rings. The second-order valence-corrected chi connectivity index (χ2v) is 2.65. The summed E-state index contributed by atoms with van der Waals surface area (Å²) in [5.41, 5.74) is 0. The molecule has 0 rings (SSSR count). The first-order chi connectivity index (χ1) is 4.63. The zero-order chi connectivity index (χ0) is 7.98. The maximum absolute atomic E-state index is 9.99. The van der Waals surface area contributed by atoms with Crippen molar-refractivity contribution in [2.45, 2.75) is 25.7 Å². The minimum Gasteiger partial charge on any atom is -0.481 e. The van der Waals surface area contributed by atoms with E-state index in [-0.39, 0.29) is 6.42 Å². The van der Waals surface area contributed by atoms with Gasteiger partial charge in [0.2, 0.25) is 0 Å². The van der Waals surface area contributed by atoms with E-state index in [1.807, 2.05) is 0 Å².